The molecule has 1 amide bonds. The minimum absolute atomic E-state index is 0. The van der Waals surface area contributed by atoms with Crippen LogP contribution in [0.25, 0.3) is 0 Å². The molecule has 0 heterocycles. The van der Waals surface area contributed by atoms with Crippen molar-refractivity contribution in [2.45, 2.75) is 26.8 Å². The number of nitrogens with two attached hydrogens (primary N) is 1. The van der Waals surface area contributed by atoms with Crippen molar-refractivity contribution in [3.63, 3.8) is 0 Å². The molecule has 0 radical (unpaired) electrons. The summed E-state index contributed by atoms with van der Waals surface area (Å²) in [6.07, 6.45) is 0.980. The molecule has 0 bridgehead atoms. The number of nitrogens with one attached hydrogen (secondary N) is 1. The monoisotopic (exact) mass is 335 g/mol. The van der Waals surface area contributed by atoms with Gasteiger partial charge in [-0.3, -0.25) is 4.79 Å². The summed E-state index contributed by atoms with van der Waals surface area (Å²) in [6.45, 7) is 8.68. The van der Waals surface area contributed by atoms with Crippen LogP contribution in [0.3, 0.4) is 0 Å². The van der Waals surface area contributed by atoms with Gasteiger partial charge in [-0.25, -0.2) is 0 Å². The molecule has 0 atom stereocenters. The Kier molecular flexibility index (Phi) is 13.8. The van der Waals surface area contributed by atoms with E-state index in [-0.39, 0.29) is 30.7 Å². The van der Waals surface area contributed by atoms with Crippen molar-refractivity contribution in [2.75, 3.05) is 26.2 Å². The molecule has 1 rings (SSSR count). The van der Waals surface area contributed by atoms with Crippen molar-refractivity contribution in [2.24, 2.45) is 5.73 Å². The number of rotatable bonds is 8. The number of halogens is 2. The number of hydrogen-bond acceptors (Lipinski definition) is 3. The number of carbonyl (C=O) groups excluding carboxylic acids is 1. The summed E-state index contributed by atoms with van der Waals surface area (Å²) in [5.74, 6) is -0.0110. The van der Waals surface area contributed by atoms with Gasteiger partial charge in [0, 0.05) is 18.7 Å². The molecule has 21 heavy (non-hydrogen) atoms. The van der Waals surface area contributed by atoms with Crippen LogP contribution in [-0.2, 0) is 6.54 Å². The van der Waals surface area contributed by atoms with Gasteiger partial charge < -0.3 is 16.0 Å². The summed E-state index contributed by atoms with van der Waals surface area (Å²) in [5, 5.41) is 2.94. The third kappa shape index (κ3) is 8.27. The lowest BCUT2D eigenvalue weighted by Gasteiger charge is -2.17. The third-order valence-electron chi connectivity index (χ3n) is 3.28. The zero-order chi connectivity index (χ0) is 14.1. The van der Waals surface area contributed by atoms with Crippen LogP contribution in [-0.4, -0.2) is 37.0 Å². The Morgan fingerprint density at radius 2 is 1.71 bits per heavy atom. The van der Waals surface area contributed by atoms with E-state index in [0.29, 0.717) is 18.7 Å². The van der Waals surface area contributed by atoms with E-state index in [2.05, 4.69) is 24.1 Å². The van der Waals surface area contributed by atoms with Crippen LogP contribution in [0.4, 0.5) is 0 Å². The van der Waals surface area contributed by atoms with Crippen LogP contribution < -0.4 is 11.1 Å². The van der Waals surface area contributed by atoms with Crippen molar-refractivity contribution >= 4 is 30.7 Å². The van der Waals surface area contributed by atoms with E-state index in [1.807, 2.05) is 24.3 Å². The summed E-state index contributed by atoms with van der Waals surface area (Å²) < 4.78 is 0. The molecule has 0 fully saturated rings. The van der Waals surface area contributed by atoms with Crippen molar-refractivity contribution < 1.29 is 4.79 Å². The molecule has 0 spiro atoms. The third-order valence-corrected chi connectivity index (χ3v) is 3.28. The lowest BCUT2D eigenvalue weighted by atomic mass is 10.1. The summed E-state index contributed by atoms with van der Waals surface area (Å²) in [6, 6.07) is 7.43. The fraction of sp³-hybridized carbons (Fsp3) is 0.533. The van der Waals surface area contributed by atoms with Crippen LogP contribution in [0, 0.1) is 0 Å². The van der Waals surface area contributed by atoms with Crippen molar-refractivity contribution in [1.82, 2.24) is 10.2 Å². The van der Waals surface area contributed by atoms with E-state index in [0.717, 1.165) is 31.6 Å². The van der Waals surface area contributed by atoms with Gasteiger partial charge in [-0.1, -0.05) is 26.0 Å². The molecular weight excluding hydrogens is 309 g/mol. The van der Waals surface area contributed by atoms with Gasteiger partial charge in [-0.15, -0.1) is 24.8 Å². The number of hydrogen-bond donors (Lipinski definition) is 2. The molecule has 0 aliphatic rings. The summed E-state index contributed by atoms with van der Waals surface area (Å²) in [4.78, 5) is 14.2. The van der Waals surface area contributed by atoms with E-state index in [9.17, 15) is 4.79 Å². The lowest BCUT2D eigenvalue weighted by Crippen LogP contribution is -2.29. The Bertz CT molecular complexity index is 381. The SMILES string of the molecule is CCN(CC)CCCNC(=O)c1ccc(CN)cc1.Cl.Cl. The molecule has 0 saturated carbocycles. The minimum atomic E-state index is -0.0110. The van der Waals surface area contributed by atoms with Crippen LogP contribution >= 0.6 is 24.8 Å². The molecule has 6 heteroatoms. The number of amides is 1. The van der Waals surface area contributed by atoms with Gasteiger partial charge in [-0.2, -0.15) is 0 Å². The van der Waals surface area contributed by atoms with Gasteiger partial charge in [0.1, 0.15) is 0 Å². The largest absolute Gasteiger partial charge is 0.352 e. The number of nitrogens with zero attached hydrogens (tertiary/aromatic N) is 1. The van der Waals surface area contributed by atoms with Crippen LogP contribution in [0.1, 0.15) is 36.2 Å². The normalized spacial score (nSPS) is 9.71. The first-order chi connectivity index (χ1) is 9.21. The number of carbonyl (C=O) groups is 1. The first kappa shape index (κ1) is 22.5. The smallest absolute Gasteiger partial charge is 0.251 e. The van der Waals surface area contributed by atoms with E-state index in [1.165, 1.54) is 0 Å². The maximum absolute atomic E-state index is 11.9. The van der Waals surface area contributed by atoms with E-state index >= 15 is 0 Å². The quantitative estimate of drug-likeness (QED) is 0.717. The Morgan fingerprint density at radius 3 is 2.19 bits per heavy atom. The zero-order valence-corrected chi connectivity index (χ0v) is 14.4. The van der Waals surface area contributed by atoms with Crippen molar-refractivity contribution in [3.05, 3.63) is 35.4 Å². The molecule has 3 N–H and O–H groups in total. The molecule has 0 aliphatic carbocycles. The molecule has 0 aromatic heterocycles. The van der Waals surface area contributed by atoms with Gasteiger partial charge in [0.25, 0.3) is 5.91 Å². The number of benzene rings is 1. The van der Waals surface area contributed by atoms with Crippen LogP contribution in [0.2, 0.25) is 0 Å². The van der Waals surface area contributed by atoms with Crippen molar-refractivity contribution in [1.29, 1.82) is 0 Å². The molecule has 122 valence electrons. The maximum Gasteiger partial charge on any atom is 0.251 e. The summed E-state index contributed by atoms with van der Waals surface area (Å²) in [5.41, 5.74) is 7.26. The maximum atomic E-state index is 11.9. The Labute approximate surface area is 140 Å². The van der Waals surface area contributed by atoms with E-state index in [4.69, 9.17) is 5.73 Å². The highest BCUT2D eigenvalue weighted by atomic mass is 35.5. The Balaban J connectivity index is 0. The highest BCUT2D eigenvalue weighted by molar-refractivity contribution is 5.94. The van der Waals surface area contributed by atoms with E-state index < -0.39 is 0 Å². The summed E-state index contributed by atoms with van der Waals surface area (Å²) >= 11 is 0. The molecule has 1 aromatic rings. The molecule has 0 aliphatic heterocycles. The van der Waals surface area contributed by atoms with Gasteiger partial charge in [0.15, 0.2) is 0 Å². The van der Waals surface area contributed by atoms with E-state index in [1.54, 1.807) is 0 Å². The van der Waals surface area contributed by atoms with Crippen LogP contribution in [0.5, 0.6) is 0 Å². The van der Waals surface area contributed by atoms with Gasteiger partial charge in [-0.05, 0) is 43.8 Å². The van der Waals surface area contributed by atoms with Crippen molar-refractivity contribution in [3.8, 4) is 0 Å². The predicted octanol–water partition coefficient (Wildman–Crippen LogP) is 2.45. The van der Waals surface area contributed by atoms with Gasteiger partial charge in [0.2, 0.25) is 0 Å². The molecule has 4 nitrogen and oxygen atoms in total. The first-order valence-electron chi connectivity index (χ1n) is 7.00. The second-order valence-corrected chi connectivity index (χ2v) is 4.54. The lowest BCUT2D eigenvalue weighted by molar-refractivity contribution is 0.0952. The summed E-state index contributed by atoms with van der Waals surface area (Å²) in [7, 11) is 0. The molecular formula is C15H27Cl2N3O. The fourth-order valence-electron chi connectivity index (χ4n) is 1.94. The molecule has 0 saturated heterocycles. The second kappa shape index (κ2) is 12.9. The predicted molar refractivity (Wildman–Crippen MR) is 93.6 cm³/mol. The van der Waals surface area contributed by atoms with Crippen LogP contribution in [0.15, 0.2) is 24.3 Å². The molecule has 0 unspecified atom stereocenters. The van der Waals surface area contributed by atoms with Gasteiger partial charge >= 0.3 is 0 Å². The zero-order valence-electron chi connectivity index (χ0n) is 12.8. The second-order valence-electron chi connectivity index (χ2n) is 4.54. The standard InChI is InChI=1S/C15H25N3O.2ClH/c1-3-18(4-2)11-5-10-17-15(19)14-8-6-13(12-16)7-9-14;;/h6-9H,3-5,10-12,16H2,1-2H3,(H,17,19);2*1H. The highest BCUT2D eigenvalue weighted by Crippen LogP contribution is 2.03. The average molecular weight is 336 g/mol. The highest BCUT2D eigenvalue weighted by Gasteiger charge is 2.05. The Morgan fingerprint density at radius 1 is 1.14 bits per heavy atom. The molecule has 1 aromatic carbocycles. The average Bonchev–Trinajstić information content (AvgIpc) is 2.47. The topological polar surface area (TPSA) is 58.4 Å². The van der Waals surface area contributed by atoms with Gasteiger partial charge in [0.05, 0.1) is 0 Å². The minimum Gasteiger partial charge on any atom is -0.352 e. The first-order valence-corrected chi connectivity index (χ1v) is 7.00. The Hall–Kier alpha value is -0.810. The fourth-order valence-corrected chi connectivity index (χ4v) is 1.94.